The molecule has 1 rings (SSSR count). The van der Waals surface area contributed by atoms with Crippen molar-refractivity contribution in [2.24, 2.45) is 11.7 Å². The Morgan fingerprint density at radius 2 is 2.24 bits per heavy atom. The quantitative estimate of drug-likeness (QED) is 0.834. The largest absolute Gasteiger partial charge is 0.330 e. The van der Waals surface area contributed by atoms with Gasteiger partial charge in [0.1, 0.15) is 0 Å². The summed E-state index contributed by atoms with van der Waals surface area (Å²) in [7, 11) is -2.50. The first-order valence-corrected chi connectivity index (χ1v) is 6.60. The molecule has 2 N–H and O–H groups in total. The summed E-state index contributed by atoms with van der Waals surface area (Å²) in [5.41, 5.74) is 5.42. The molecular weight excluding hydrogens is 245 g/mol. The van der Waals surface area contributed by atoms with Crippen LogP contribution in [-0.2, 0) is 10.0 Å². The standard InChI is InChI=1S/C10H16FN3O2S/c1-8(6-12)7-14(2)17(15,16)10-9(11)4-3-5-13-10/h3-5,8H,6-7,12H2,1-2H3. The lowest BCUT2D eigenvalue weighted by Crippen LogP contribution is -2.34. The Morgan fingerprint density at radius 1 is 1.59 bits per heavy atom. The van der Waals surface area contributed by atoms with Gasteiger partial charge in [0.15, 0.2) is 5.82 Å². The fourth-order valence-electron chi connectivity index (χ4n) is 1.32. The van der Waals surface area contributed by atoms with E-state index in [1.807, 2.05) is 6.92 Å². The van der Waals surface area contributed by atoms with E-state index in [2.05, 4.69) is 4.98 Å². The van der Waals surface area contributed by atoms with Crippen LogP contribution in [0.15, 0.2) is 23.4 Å². The van der Waals surface area contributed by atoms with E-state index in [1.165, 1.54) is 19.3 Å². The number of pyridine rings is 1. The maximum atomic E-state index is 13.4. The Labute approximate surface area is 101 Å². The molecule has 0 spiro atoms. The van der Waals surface area contributed by atoms with E-state index in [0.717, 1.165) is 10.4 Å². The van der Waals surface area contributed by atoms with Crippen molar-refractivity contribution in [1.82, 2.24) is 9.29 Å². The summed E-state index contributed by atoms with van der Waals surface area (Å²) in [5, 5.41) is -0.549. The predicted molar refractivity (Wildman–Crippen MR) is 62.2 cm³/mol. The Kier molecular flexibility index (Phi) is 4.55. The molecule has 5 nitrogen and oxygen atoms in total. The molecule has 0 saturated heterocycles. The van der Waals surface area contributed by atoms with Crippen LogP contribution < -0.4 is 5.73 Å². The lowest BCUT2D eigenvalue weighted by Gasteiger charge is -2.19. The van der Waals surface area contributed by atoms with Crippen LogP contribution in [0.2, 0.25) is 0 Å². The lowest BCUT2D eigenvalue weighted by molar-refractivity contribution is 0.400. The minimum Gasteiger partial charge on any atom is -0.330 e. The molecule has 1 unspecified atom stereocenters. The monoisotopic (exact) mass is 261 g/mol. The minimum atomic E-state index is -3.88. The number of halogens is 1. The topological polar surface area (TPSA) is 76.3 Å². The Bertz CT molecular complexity index is 478. The second-order valence-corrected chi connectivity index (χ2v) is 5.88. The SMILES string of the molecule is CC(CN)CN(C)S(=O)(=O)c1ncccc1F. The average Bonchev–Trinajstić information content (AvgIpc) is 2.29. The molecule has 0 saturated carbocycles. The molecule has 1 heterocycles. The molecule has 0 radical (unpaired) electrons. The molecule has 1 aromatic rings. The molecule has 0 amide bonds. The molecule has 0 fully saturated rings. The van der Waals surface area contributed by atoms with Crippen LogP contribution in [0.5, 0.6) is 0 Å². The summed E-state index contributed by atoms with van der Waals surface area (Å²) in [6.45, 7) is 2.42. The maximum Gasteiger partial charge on any atom is 0.263 e. The van der Waals surface area contributed by atoms with Gasteiger partial charge in [-0.3, -0.25) is 0 Å². The van der Waals surface area contributed by atoms with Gasteiger partial charge < -0.3 is 5.73 Å². The third-order valence-electron chi connectivity index (χ3n) is 2.35. The van der Waals surface area contributed by atoms with E-state index in [-0.39, 0.29) is 12.5 Å². The molecule has 7 heteroatoms. The van der Waals surface area contributed by atoms with E-state index >= 15 is 0 Å². The number of hydrogen-bond acceptors (Lipinski definition) is 4. The van der Waals surface area contributed by atoms with Gasteiger partial charge in [-0.05, 0) is 24.6 Å². The summed E-state index contributed by atoms with van der Waals surface area (Å²) < 4.78 is 38.4. The van der Waals surface area contributed by atoms with Crippen LogP contribution in [0.25, 0.3) is 0 Å². The zero-order valence-electron chi connectivity index (χ0n) is 9.80. The third kappa shape index (κ3) is 3.21. The molecular formula is C10H16FN3O2S. The van der Waals surface area contributed by atoms with Gasteiger partial charge in [0.25, 0.3) is 10.0 Å². The first kappa shape index (κ1) is 14.0. The van der Waals surface area contributed by atoms with Crippen LogP contribution in [0.1, 0.15) is 6.92 Å². The summed E-state index contributed by atoms with van der Waals surface area (Å²) in [4.78, 5) is 3.57. The van der Waals surface area contributed by atoms with Crippen molar-refractivity contribution < 1.29 is 12.8 Å². The molecule has 0 aliphatic heterocycles. The molecule has 0 aromatic carbocycles. The lowest BCUT2D eigenvalue weighted by atomic mass is 10.2. The van der Waals surface area contributed by atoms with Crippen molar-refractivity contribution in [3.05, 3.63) is 24.1 Å². The smallest absolute Gasteiger partial charge is 0.263 e. The molecule has 0 aliphatic carbocycles. The van der Waals surface area contributed by atoms with Crippen LogP contribution in [0.3, 0.4) is 0 Å². The fraction of sp³-hybridized carbons (Fsp3) is 0.500. The molecule has 1 atom stereocenters. The van der Waals surface area contributed by atoms with Gasteiger partial charge in [-0.15, -0.1) is 0 Å². The van der Waals surface area contributed by atoms with E-state index in [1.54, 1.807) is 0 Å². The van der Waals surface area contributed by atoms with Crippen LogP contribution in [0, 0.1) is 11.7 Å². The van der Waals surface area contributed by atoms with Crippen molar-refractivity contribution in [2.45, 2.75) is 11.9 Å². The van der Waals surface area contributed by atoms with Crippen LogP contribution in [-0.4, -0.2) is 37.8 Å². The number of nitrogens with zero attached hydrogens (tertiary/aromatic N) is 2. The average molecular weight is 261 g/mol. The number of sulfonamides is 1. The zero-order chi connectivity index (χ0) is 13.1. The first-order valence-electron chi connectivity index (χ1n) is 5.16. The van der Waals surface area contributed by atoms with Crippen molar-refractivity contribution in [3.63, 3.8) is 0 Å². The zero-order valence-corrected chi connectivity index (χ0v) is 10.6. The van der Waals surface area contributed by atoms with E-state index in [9.17, 15) is 12.8 Å². The van der Waals surface area contributed by atoms with E-state index in [4.69, 9.17) is 5.73 Å². The van der Waals surface area contributed by atoms with E-state index in [0.29, 0.717) is 6.54 Å². The third-order valence-corrected chi connectivity index (χ3v) is 4.11. The number of rotatable bonds is 5. The summed E-state index contributed by atoms with van der Waals surface area (Å²) in [5.74, 6) is -0.846. The second-order valence-electron chi connectivity index (χ2n) is 3.92. The van der Waals surface area contributed by atoms with Crippen LogP contribution >= 0.6 is 0 Å². The van der Waals surface area contributed by atoms with Crippen LogP contribution in [0.4, 0.5) is 4.39 Å². The van der Waals surface area contributed by atoms with Crippen molar-refractivity contribution in [3.8, 4) is 0 Å². The highest BCUT2D eigenvalue weighted by Gasteiger charge is 2.26. The molecule has 0 bridgehead atoms. The highest BCUT2D eigenvalue weighted by molar-refractivity contribution is 7.89. The van der Waals surface area contributed by atoms with Gasteiger partial charge in [0, 0.05) is 19.8 Å². The van der Waals surface area contributed by atoms with Gasteiger partial charge in [-0.1, -0.05) is 6.92 Å². The van der Waals surface area contributed by atoms with Gasteiger partial charge in [0.2, 0.25) is 5.03 Å². The van der Waals surface area contributed by atoms with Crippen molar-refractivity contribution in [2.75, 3.05) is 20.1 Å². The van der Waals surface area contributed by atoms with Crippen molar-refractivity contribution >= 4 is 10.0 Å². The van der Waals surface area contributed by atoms with Gasteiger partial charge in [-0.2, -0.15) is 4.31 Å². The number of hydrogen-bond donors (Lipinski definition) is 1. The predicted octanol–water partition coefficient (Wildman–Crippen LogP) is 0.436. The Hall–Kier alpha value is -1.05. The molecule has 96 valence electrons. The summed E-state index contributed by atoms with van der Waals surface area (Å²) >= 11 is 0. The van der Waals surface area contributed by atoms with E-state index < -0.39 is 20.9 Å². The van der Waals surface area contributed by atoms with Gasteiger partial charge >= 0.3 is 0 Å². The minimum absolute atomic E-state index is 0.00143. The highest BCUT2D eigenvalue weighted by atomic mass is 32.2. The number of nitrogens with two attached hydrogens (primary N) is 1. The van der Waals surface area contributed by atoms with Gasteiger partial charge in [0.05, 0.1) is 0 Å². The Balaban J connectivity index is 3.00. The summed E-state index contributed by atoms with van der Waals surface area (Å²) in [6.07, 6.45) is 1.25. The normalized spacial score (nSPS) is 13.9. The Morgan fingerprint density at radius 3 is 2.76 bits per heavy atom. The fourth-order valence-corrected chi connectivity index (χ4v) is 2.57. The second kappa shape index (κ2) is 5.52. The molecule has 1 aromatic heterocycles. The molecule has 0 aliphatic rings. The maximum absolute atomic E-state index is 13.4. The summed E-state index contributed by atoms with van der Waals surface area (Å²) in [6, 6.07) is 2.41. The first-order chi connectivity index (χ1) is 7.89. The molecule has 17 heavy (non-hydrogen) atoms. The number of aromatic nitrogens is 1. The van der Waals surface area contributed by atoms with Gasteiger partial charge in [-0.25, -0.2) is 17.8 Å². The van der Waals surface area contributed by atoms with Crippen molar-refractivity contribution in [1.29, 1.82) is 0 Å². The highest BCUT2D eigenvalue weighted by Crippen LogP contribution is 2.15.